The Hall–Kier alpha value is -1.26. The largest absolute Gasteiger partial charge is 0.349 e. The molecule has 0 saturated carbocycles. The summed E-state index contributed by atoms with van der Waals surface area (Å²) >= 11 is 11.2. The topological polar surface area (TPSA) is 49.4 Å². The van der Waals surface area contributed by atoms with Crippen LogP contribution in [-0.2, 0) is 4.79 Å². The summed E-state index contributed by atoms with van der Waals surface area (Å²) in [6, 6.07) is 5.76. The average molecular weight is 343 g/mol. The van der Waals surface area contributed by atoms with Crippen LogP contribution in [0.3, 0.4) is 0 Å². The molecule has 1 aromatic rings. The molecule has 1 saturated heterocycles. The normalized spacial score (nSPS) is 16.0. The van der Waals surface area contributed by atoms with Crippen LogP contribution < -0.4 is 5.32 Å². The summed E-state index contributed by atoms with van der Waals surface area (Å²) in [5.74, 6) is -0.331. The molecule has 0 radical (unpaired) electrons. The number of piperidine rings is 1. The summed E-state index contributed by atoms with van der Waals surface area (Å²) in [4.78, 5) is 24.6. The molecule has 1 aliphatic heterocycles. The van der Waals surface area contributed by atoms with Gasteiger partial charge in [0.05, 0.1) is 0 Å². The Morgan fingerprint density at radius 1 is 1.18 bits per heavy atom. The van der Waals surface area contributed by atoms with Crippen molar-refractivity contribution in [1.82, 2.24) is 10.2 Å². The van der Waals surface area contributed by atoms with Gasteiger partial charge in [0.2, 0.25) is 0 Å². The highest BCUT2D eigenvalue weighted by molar-refractivity contribution is 6.53. The van der Waals surface area contributed by atoms with E-state index in [1.165, 1.54) is 5.56 Å². The van der Waals surface area contributed by atoms with Crippen LogP contribution in [0.1, 0.15) is 34.3 Å². The first-order valence-electron chi connectivity index (χ1n) is 7.33. The third-order valence-corrected chi connectivity index (χ3v) is 4.47. The number of likely N-dealkylation sites (tertiary alicyclic amines) is 1. The smallest absolute Gasteiger partial charge is 0.255 e. The van der Waals surface area contributed by atoms with E-state index in [-0.39, 0.29) is 17.9 Å². The minimum absolute atomic E-state index is 0.0690. The Morgan fingerprint density at radius 2 is 1.82 bits per heavy atom. The Morgan fingerprint density at radius 3 is 2.36 bits per heavy atom. The van der Waals surface area contributed by atoms with Gasteiger partial charge in [-0.05, 0) is 49.9 Å². The zero-order chi connectivity index (χ0) is 16.3. The van der Waals surface area contributed by atoms with Crippen molar-refractivity contribution in [2.45, 2.75) is 37.6 Å². The van der Waals surface area contributed by atoms with Crippen molar-refractivity contribution in [2.75, 3.05) is 13.1 Å². The molecule has 22 heavy (non-hydrogen) atoms. The molecule has 1 N–H and O–H groups in total. The van der Waals surface area contributed by atoms with Gasteiger partial charge in [0.25, 0.3) is 11.8 Å². The molecule has 0 aliphatic carbocycles. The first-order chi connectivity index (χ1) is 10.4. The van der Waals surface area contributed by atoms with Crippen LogP contribution >= 0.6 is 23.2 Å². The number of amides is 2. The number of hydrogen-bond acceptors (Lipinski definition) is 2. The first-order valence-corrected chi connectivity index (χ1v) is 8.21. The fourth-order valence-electron chi connectivity index (χ4n) is 2.53. The quantitative estimate of drug-likeness (QED) is 0.858. The molecular formula is C16H20Cl2N2O2. The summed E-state index contributed by atoms with van der Waals surface area (Å²) in [6.45, 7) is 5.13. The number of nitrogens with one attached hydrogen (secondary N) is 1. The number of benzene rings is 1. The fraction of sp³-hybridized carbons (Fsp3) is 0.500. The van der Waals surface area contributed by atoms with Gasteiger partial charge in [-0.1, -0.05) is 29.3 Å². The van der Waals surface area contributed by atoms with Crippen molar-refractivity contribution >= 4 is 35.0 Å². The lowest BCUT2D eigenvalue weighted by atomic mass is 10.0. The lowest BCUT2D eigenvalue weighted by Gasteiger charge is -2.32. The minimum atomic E-state index is -1.01. The van der Waals surface area contributed by atoms with E-state index in [4.69, 9.17) is 23.2 Å². The second-order valence-electron chi connectivity index (χ2n) is 5.67. The molecule has 6 heteroatoms. The monoisotopic (exact) mass is 342 g/mol. The summed E-state index contributed by atoms with van der Waals surface area (Å²) in [7, 11) is 0. The van der Waals surface area contributed by atoms with Gasteiger partial charge in [-0.2, -0.15) is 0 Å². The van der Waals surface area contributed by atoms with Crippen LogP contribution in [0.2, 0.25) is 0 Å². The van der Waals surface area contributed by atoms with Crippen LogP contribution in [0.4, 0.5) is 0 Å². The molecule has 0 bridgehead atoms. The van der Waals surface area contributed by atoms with Gasteiger partial charge >= 0.3 is 0 Å². The van der Waals surface area contributed by atoms with E-state index in [0.29, 0.717) is 31.5 Å². The van der Waals surface area contributed by atoms with E-state index < -0.39 is 4.84 Å². The molecule has 0 atom stereocenters. The van der Waals surface area contributed by atoms with E-state index in [9.17, 15) is 9.59 Å². The standard InChI is InChI=1S/C16H20Cl2N2O2/c1-10-3-4-12(9-11(10)2)15(21)19-13-5-7-20(8-6-13)16(22)14(17)18/h3-4,9,13-14H,5-8H2,1-2H3,(H,19,21). The molecule has 2 amide bonds. The molecule has 0 aromatic heterocycles. The zero-order valence-electron chi connectivity index (χ0n) is 12.7. The molecule has 0 unspecified atom stereocenters. The third-order valence-electron chi connectivity index (χ3n) is 4.10. The number of rotatable bonds is 3. The number of carbonyl (C=O) groups is 2. The number of nitrogens with zero attached hydrogens (tertiary/aromatic N) is 1. The number of aryl methyl sites for hydroxylation is 2. The Labute approximate surface area is 140 Å². The van der Waals surface area contributed by atoms with E-state index in [1.54, 1.807) is 4.90 Å². The SMILES string of the molecule is Cc1ccc(C(=O)NC2CCN(C(=O)C(Cl)Cl)CC2)cc1C. The molecule has 1 aromatic carbocycles. The highest BCUT2D eigenvalue weighted by Crippen LogP contribution is 2.16. The predicted molar refractivity (Wildman–Crippen MR) is 88.5 cm³/mol. The van der Waals surface area contributed by atoms with E-state index in [2.05, 4.69) is 5.32 Å². The van der Waals surface area contributed by atoms with Crippen LogP contribution in [-0.4, -0.2) is 40.7 Å². The van der Waals surface area contributed by atoms with Crippen molar-refractivity contribution < 1.29 is 9.59 Å². The van der Waals surface area contributed by atoms with Gasteiger partial charge in [0.15, 0.2) is 4.84 Å². The van der Waals surface area contributed by atoms with Crippen molar-refractivity contribution in [3.8, 4) is 0 Å². The lowest BCUT2D eigenvalue weighted by Crippen LogP contribution is -2.47. The van der Waals surface area contributed by atoms with Crippen molar-refractivity contribution in [2.24, 2.45) is 0 Å². The molecule has 2 rings (SSSR count). The molecule has 1 aliphatic rings. The van der Waals surface area contributed by atoms with Crippen LogP contribution in [0.5, 0.6) is 0 Å². The number of hydrogen-bond donors (Lipinski definition) is 1. The van der Waals surface area contributed by atoms with Gasteiger partial charge in [0.1, 0.15) is 0 Å². The number of carbonyl (C=O) groups excluding carboxylic acids is 2. The van der Waals surface area contributed by atoms with Gasteiger partial charge < -0.3 is 10.2 Å². The second-order valence-corrected chi connectivity index (χ2v) is 6.77. The Bertz CT molecular complexity index is 567. The van der Waals surface area contributed by atoms with E-state index >= 15 is 0 Å². The average Bonchev–Trinajstić information content (AvgIpc) is 2.50. The molecule has 0 spiro atoms. The molecule has 1 fully saturated rings. The minimum Gasteiger partial charge on any atom is -0.349 e. The molecule has 4 nitrogen and oxygen atoms in total. The first kappa shape index (κ1) is 17.1. The fourth-order valence-corrected chi connectivity index (χ4v) is 2.81. The summed E-state index contributed by atoms with van der Waals surface area (Å²) in [6.07, 6.45) is 1.42. The summed E-state index contributed by atoms with van der Waals surface area (Å²) < 4.78 is 0. The number of halogens is 2. The van der Waals surface area contributed by atoms with Gasteiger partial charge in [-0.3, -0.25) is 9.59 Å². The zero-order valence-corrected chi connectivity index (χ0v) is 14.2. The maximum atomic E-state index is 12.3. The van der Waals surface area contributed by atoms with Crippen LogP contribution in [0.15, 0.2) is 18.2 Å². The summed E-state index contributed by atoms with van der Waals surface area (Å²) in [5.41, 5.74) is 2.94. The second kappa shape index (κ2) is 7.34. The molecule has 1 heterocycles. The Kier molecular flexibility index (Phi) is 5.70. The van der Waals surface area contributed by atoms with Gasteiger partial charge in [-0.25, -0.2) is 0 Å². The van der Waals surface area contributed by atoms with E-state index in [1.807, 2.05) is 32.0 Å². The van der Waals surface area contributed by atoms with E-state index in [0.717, 1.165) is 5.56 Å². The van der Waals surface area contributed by atoms with Crippen LogP contribution in [0.25, 0.3) is 0 Å². The third kappa shape index (κ3) is 4.14. The maximum Gasteiger partial charge on any atom is 0.255 e. The highest BCUT2D eigenvalue weighted by atomic mass is 35.5. The van der Waals surface area contributed by atoms with Gasteiger partial charge in [-0.15, -0.1) is 0 Å². The lowest BCUT2D eigenvalue weighted by molar-refractivity contribution is -0.130. The van der Waals surface area contributed by atoms with Crippen LogP contribution in [0, 0.1) is 13.8 Å². The molecule has 120 valence electrons. The Balaban J connectivity index is 1.89. The highest BCUT2D eigenvalue weighted by Gasteiger charge is 2.26. The van der Waals surface area contributed by atoms with Crippen molar-refractivity contribution in [3.63, 3.8) is 0 Å². The van der Waals surface area contributed by atoms with Gasteiger partial charge in [0, 0.05) is 24.7 Å². The molecular weight excluding hydrogens is 323 g/mol. The summed E-state index contributed by atoms with van der Waals surface area (Å²) in [5, 5.41) is 3.03. The number of alkyl halides is 2. The van der Waals surface area contributed by atoms with Crippen molar-refractivity contribution in [3.05, 3.63) is 34.9 Å². The predicted octanol–water partition coefficient (Wildman–Crippen LogP) is 2.83. The van der Waals surface area contributed by atoms with Crippen molar-refractivity contribution in [1.29, 1.82) is 0 Å². The maximum absolute atomic E-state index is 12.3.